The Morgan fingerprint density at radius 3 is 2.22 bits per heavy atom. The summed E-state index contributed by atoms with van der Waals surface area (Å²) >= 11 is 1.89. The number of nitrogens with zero attached hydrogens (tertiary/aromatic N) is 1. The number of rotatable bonds is 2. The lowest BCUT2D eigenvalue weighted by molar-refractivity contribution is -0.0194. The number of benzene rings is 6. The molecular formula is C47H35NS. The molecule has 8 aromatic rings. The van der Waals surface area contributed by atoms with Crippen molar-refractivity contribution in [2.24, 2.45) is 29.1 Å². The molecule has 2 heteroatoms. The third-order valence-electron chi connectivity index (χ3n) is 14.5. The van der Waals surface area contributed by atoms with Gasteiger partial charge in [0.05, 0.1) is 11.0 Å². The Morgan fingerprint density at radius 1 is 0.531 bits per heavy atom. The second-order valence-electron chi connectivity index (χ2n) is 16.2. The molecule has 5 aliphatic rings. The van der Waals surface area contributed by atoms with Crippen LogP contribution in [0.1, 0.15) is 43.2 Å². The SMILES string of the molecule is c1ccc2c(c1)-c1ccc(-n3c4ccccc4c4cc(-c5ccc6sc7ccccc7c6c5)ccc43)cc1C21C2CC3CC4CC1C4(C3)C2. The first-order valence-corrected chi connectivity index (χ1v) is 19.2. The number of hydrogen-bond acceptors (Lipinski definition) is 1. The summed E-state index contributed by atoms with van der Waals surface area (Å²) in [7, 11) is 0. The Hall–Kier alpha value is -4.66. The van der Waals surface area contributed by atoms with E-state index in [-0.39, 0.29) is 5.41 Å². The number of fused-ring (bicyclic) bond motifs is 15. The van der Waals surface area contributed by atoms with Crippen molar-refractivity contribution in [3.8, 4) is 27.9 Å². The van der Waals surface area contributed by atoms with Crippen molar-refractivity contribution in [3.63, 3.8) is 0 Å². The van der Waals surface area contributed by atoms with Crippen LogP contribution >= 0.6 is 11.3 Å². The molecule has 6 aromatic carbocycles. The van der Waals surface area contributed by atoms with Crippen molar-refractivity contribution in [1.29, 1.82) is 0 Å². The molecule has 1 nitrogen and oxygen atoms in total. The van der Waals surface area contributed by atoms with Gasteiger partial charge in [-0.25, -0.2) is 0 Å². The van der Waals surface area contributed by atoms with Crippen LogP contribution < -0.4 is 0 Å². The fourth-order valence-corrected chi connectivity index (χ4v) is 14.0. The molecule has 49 heavy (non-hydrogen) atoms. The molecule has 0 radical (unpaired) electrons. The number of para-hydroxylation sites is 1. The maximum absolute atomic E-state index is 2.66. The minimum atomic E-state index is 0.185. The Balaban J connectivity index is 1.02. The lowest BCUT2D eigenvalue weighted by Crippen LogP contribution is -2.50. The Labute approximate surface area is 289 Å². The lowest BCUT2D eigenvalue weighted by atomic mass is 9.49. The Bertz CT molecular complexity index is 2760. The van der Waals surface area contributed by atoms with Crippen LogP contribution in [-0.2, 0) is 5.41 Å². The quantitative estimate of drug-likeness (QED) is 0.176. The van der Waals surface area contributed by atoms with Crippen molar-refractivity contribution >= 4 is 53.3 Å². The molecule has 234 valence electrons. The van der Waals surface area contributed by atoms with Crippen LogP contribution in [0.4, 0.5) is 0 Å². The molecule has 0 saturated heterocycles. The summed E-state index contributed by atoms with van der Waals surface area (Å²) in [4.78, 5) is 0. The van der Waals surface area contributed by atoms with Gasteiger partial charge < -0.3 is 4.57 Å². The van der Waals surface area contributed by atoms with Crippen LogP contribution in [0.3, 0.4) is 0 Å². The molecule has 5 aliphatic carbocycles. The van der Waals surface area contributed by atoms with E-state index < -0.39 is 0 Å². The zero-order valence-electron chi connectivity index (χ0n) is 27.3. The average molecular weight is 646 g/mol. The van der Waals surface area contributed by atoms with E-state index in [0.717, 1.165) is 23.7 Å². The lowest BCUT2D eigenvalue weighted by Gasteiger charge is -2.54. The van der Waals surface area contributed by atoms with Gasteiger partial charge in [0.1, 0.15) is 0 Å². The highest BCUT2D eigenvalue weighted by atomic mass is 32.1. The first-order chi connectivity index (χ1) is 24.2. The monoisotopic (exact) mass is 645 g/mol. The standard InChI is InChI=1S/C47H35NS/c1-4-10-39-33(7-1)34-16-15-32(24-40(34)47(39)31-20-27-19-30-23-45(47)46(30,25-27)26-31)48-41-11-5-2-8-35(41)37-21-28(13-17-42(37)48)29-14-18-44-38(22-29)36-9-3-6-12-43(36)49-44/h1-18,21-22,24,27,30-31,45H,19-20,23,25-26H2. The highest BCUT2D eigenvalue weighted by Gasteiger charge is 2.76. The summed E-state index contributed by atoms with van der Waals surface area (Å²) in [6.07, 6.45) is 7.34. The second-order valence-corrected chi connectivity index (χ2v) is 17.3. The third-order valence-corrected chi connectivity index (χ3v) is 15.7. The predicted molar refractivity (Wildman–Crippen MR) is 205 cm³/mol. The molecule has 3 bridgehead atoms. The van der Waals surface area contributed by atoms with Crippen LogP contribution in [-0.4, -0.2) is 4.57 Å². The van der Waals surface area contributed by atoms with Gasteiger partial charge in [-0.05, 0) is 143 Å². The topological polar surface area (TPSA) is 4.93 Å². The fourth-order valence-electron chi connectivity index (χ4n) is 13.0. The molecule has 6 unspecified atom stereocenters. The molecule has 2 spiro atoms. The van der Waals surface area contributed by atoms with Crippen LogP contribution in [0.5, 0.6) is 0 Å². The molecule has 0 aliphatic heterocycles. The molecule has 0 amide bonds. The normalized spacial score (nSPS) is 28.6. The van der Waals surface area contributed by atoms with Gasteiger partial charge in [0.2, 0.25) is 0 Å². The van der Waals surface area contributed by atoms with Gasteiger partial charge in [-0.2, -0.15) is 0 Å². The minimum absolute atomic E-state index is 0.185. The molecule has 2 aromatic heterocycles. The smallest absolute Gasteiger partial charge is 0.0541 e. The number of aromatic nitrogens is 1. The van der Waals surface area contributed by atoms with Gasteiger partial charge in [0.15, 0.2) is 0 Å². The minimum Gasteiger partial charge on any atom is -0.309 e. The van der Waals surface area contributed by atoms with E-state index in [9.17, 15) is 0 Å². The van der Waals surface area contributed by atoms with E-state index in [4.69, 9.17) is 0 Å². The Kier molecular flexibility index (Phi) is 4.67. The van der Waals surface area contributed by atoms with Crippen molar-refractivity contribution in [1.82, 2.24) is 4.57 Å². The third kappa shape index (κ3) is 2.99. The number of thiophene rings is 1. The molecule has 4 saturated carbocycles. The fraction of sp³-hybridized carbons (Fsp3) is 0.234. The van der Waals surface area contributed by atoms with E-state index >= 15 is 0 Å². The molecule has 0 N–H and O–H groups in total. The van der Waals surface area contributed by atoms with Crippen LogP contribution in [0, 0.1) is 29.1 Å². The summed E-state index contributed by atoms with van der Waals surface area (Å²) in [5.41, 5.74) is 13.6. The maximum atomic E-state index is 2.66. The summed E-state index contributed by atoms with van der Waals surface area (Å²) in [5.74, 6) is 3.52. The van der Waals surface area contributed by atoms with Gasteiger partial charge >= 0.3 is 0 Å². The average Bonchev–Trinajstić information content (AvgIpc) is 3.86. The molecular weight excluding hydrogens is 611 g/mol. The van der Waals surface area contributed by atoms with E-state index in [2.05, 4.69) is 132 Å². The van der Waals surface area contributed by atoms with Crippen LogP contribution in [0.15, 0.2) is 127 Å². The molecule has 2 heterocycles. The van der Waals surface area contributed by atoms with Gasteiger partial charge in [0.25, 0.3) is 0 Å². The second kappa shape index (κ2) is 8.73. The maximum Gasteiger partial charge on any atom is 0.0541 e. The molecule has 13 rings (SSSR count). The van der Waals surface area contributed by atoms with E-state index in [1.165, 1.54) is 102 Å². The zero-order valence-corrected chi connectivity index (χ0v) is 28.1. The van der Waals surface area contributed by atoms with E-state index in [0.29, 0.717) is 5.41 Å². The van der Waals surface area contributed by atoms with Crippen LogP contribution in [0.2, 0.25) is 0 Å². The van der Waals surface area contributed by atoms with Gasteiger partial charge in [-0.1, -0.05) is 78.9 Å². The highest BCUT2D eigenvalue weighted by molar-refractivity contribution is 7.25. The zero-order chi connectivity index (χ0) is 31.6. The van der Waals surface area contributed by atoms with E-state index in [1.54, 1.807) is 11.1 Å². The van der Waals surface area contributed by atoms with Gasteiger partial charge in [-0.15, -0.1) is 11.3 Å². The largest absolute Gasteiger partial charge is 0.309 e. The van der Waals surface area contributed by atoms with Crippen molar-refractivity contribution < 1.29 is 0 Å². The van der Waals surface area contributed by atoms with Crippen molar-refractivity contribution in [2.75, 3.05) is 0 Å². The van der Waals surface area contributed by atoms with Crippen LogP contribution in [0.25, 0.3) is 69.9 Å². The summed E-state index contributed by atoms with van der Waals surface area (Å²) in [6, 6.07) is 49.2. The Morgan fingerprint density at radius 2 is 1.27 bits per heavy atom. The predicted octanol–water partition coefficient (Wildman–Crippen LogP) is 12.5. The highest BCUT2D eigenvalue weighted by Crippen LogP contribution is 2.83. The summed E-state index contributed by atoms with van der Waals surface area (Å²) < 4.78 is 5.28. The summed E-state index contributed by atoms with van der Waals surface area (Å²) in [6.45, 7) is 0. The van der Waals surface area contributed by atoms with E-state index in [1.807, 2.05) is 11.3 Å². The molecule has 4 fully saturated rings. The summed E-state index contributed by atoms with van der Waals surface area (Å²) in [5, 5.41) is 5.37. The van der Waals surface area contributed by atoms with Gasteiger partial charge in [0, 0.05) is 42.0 Å². The molecule has 6 atom stereocenters. The first kappa shape index (κ1) is 26.2. The van der Waals surface area contributed by atoms with Gasteiger partial charge in [-0.3, -0.25) is 0 Å². The number of hydrogen-bond donors (Lipinski definition) is 0. The van der Waals surface area contributed by atoms with Crippen molar-refractivity contribution in [2.45, 2.75) is 37.5 Å². The first-order valence-electron chi connectivity index (χ1n) is 18.4. The van der Waals surface area contributed by atoms with Crippen molar-refractivity contribution in [3.05, 3.63) is 139 Å².